The zero-order valence-corrected chi connectivity index (χ0v) is 8.84. The van der Waals surface area contributed by atoms with Crippen molar-refractivity contribution < 1.29 is 9.63 Å². The van der Waals surface area contributed by atoms with Crippen LogP contribution in [-0.2, 0) is 9.63 Å². The van der Waals surface area contributed by atoms with E-state index in [1.54, 1.807) is 0 Å². The summed E-state index contributed by atoms with van der Waals surface area (Å²) in [5.74, 6) is -0.0784. The molecule has 1 aliphatic rings. The summed E-state index contributed by atoms with van der Waals surface area (Å²) in [6, 6.07) is 0. The minimum Gasteiger partial charge on any atom is -0.308 e. The first kappa shape index (κ1) is 11.5. The van der Waals surface area contributed by atoms with Gasteiger partial charge in [-0.15, -0.1) is 0 Å². The standard InChI is InChI=1S/C10H20N2O2/c1-2-7-11-8-10(13)12-14-9-5-3-4-6-9/h9,11H,2-8H2,1H3,(H,12,13). The Bertz CT molecular complexity index is 168. The van der Waals surface area contributed by atoms with E-state index < -0.39 is 0 Å². The molecule has 0 aromatic rings. The molecule has 1 fully saturated rings. The van der Waals surface area contributed by atoms with Gasteiger partial charge >= 0.3 is 0 Å². The van der Waals surface area contributed by atoms with E-state index in [2.05, 4.69) is 17.7 Å². The van der Waals surface area contributed by atoms with Crippen LogP contribution in [0.5, 0.6) is 0 Å². The number of hydrogen-bond acceptors (Lipinski definition) is 3. The van der Waals surface area contributed by atoms with Gasteiger partial charge in [-0.3, -0.25) is 9.63 Å². The van der Waals surface area contributed by atoms with Crippen LogP contribution in [0.4, 0.5) is 0 Å². The maximum Gasteiger partial charge on any atom is 0.257 e. The van der Waals surface area contributed by atoms with Crippen molar-refractivity contribution in [2.45, 2.75) is 45.1 Å². The Morgan fingerprint density at radius 1 is 1.43 bits per heavy atom. The van der Waals surface area contributed by atoms with Crippen molar-refractivity contribution in [3.63, 3.8) is 0 Å². The number of hydroxylamine groups is 1. The van der Waals surface area contributed by atoms with Crippen LogP contribution in [0.25, 0.3) is 0 Å². The van der Waals surface area contributed by atoms with E-state index in [9.17, 15) is 4.79 Å². The number of carbonyl (C=O) groups excluding carboxylic acids is 1. The molecule has 0 heterocycles. The van der Waals surface area contributed by atoms with Crippen LogP contribution < -0.4 is 10.8 Å². The van der Waals surface area contributed by atoms with Crippen LogP contribution in [0.3, 0.4) is 0 Å². The normalized spacial score (nSPS) is 17.2. The van der Waals surface area contributed by atoms with Gasteiger partial charge < -0.3 is 5.32 Å². The van der Waals surface area contributed by atoms with Gasteiger partial charge in [0.2, 0.25) is 0 Å². The van der Waals surface area contributed by atoms with Crippen LogP contribution in [-0.4, -0.2) is 25.1 Å². The van der Waals surface area contributed by atoms with E-state index in [4.69, 9.17) is 4.84 Å². The van der Waals surface area contributed by atoms with Crippen molar-refractivity contribution in [2.75, 3.05) is 13.1 Å². The predicted molar refractivity (Wildman–Crippen MR) is 54.6 cm³/mol. The minimum atomic E-state index is -0.0784. The van der Waals surface area contributed by atoms with Gasteiger partial charge in [0.1, 0.15) is 0 Å². The highest BCUT2D eigenvalue weighted by Gasteiger charge is 2.16. The predicted octanol–water partition coefficient (Wildman–Crippen LogP) is 0.976. The quantitative estimate of drug-likeness (QED) is 0.496. The molecule has 2 N–H and O–H groups in total. The van der Waals surface area contributed by atoms with Gasteiger partial charge in [-0.05, 0) is 25.8 Å². The molecule has 0 unspecified atom stereocenters. The summed E-state index contributed by atoms with van der Waals surface area (Å²) in [5, 5.41) is 3.02. The molecular weight excluding hydrogens is 180 g/mol. The third kappa shape index (κ3) is 4.58. The molecule has 1 rings (SSSR count). The average molecular weight is 200 g/mol. The number of carbonyl (C=O) groups is 1. The van der Waals surface area contributed by atoms with E-state index in [0.717, 1.165) is 25.8 Å². The first-order valence-corrected chi connectivity index (χ1v) is 5.48. The highest BCUT2D eigenvalue weighted by molar-refractivity contribution is 5.76. The molecule has 0 aliphatic heterocycles. The van der Waals surface area contributed by atoms with Crippen molar-refractivity contribution in [1.29, 1.82) is 0 Å². The Labute approximate surface area is 85.3 Å². The van der Waals surface area contributed by atoms with Crippen LogP contribution in [0.15, 0.2) is 0 Å². The summed E-state index contributed by atoms with van der Waals surface area (Å²) in [6.45, 7) is 3.29. The van der Waals surface area contributed by atoms with Gasteiger partial charge in [0.05, 0.1) is 12.6 Å². The number of rotatable bonds is 6. The lowest BCUT2D eigenvalue weighted by Gasteiger charge is -2.11. The van der Waals surface area contributed by atoms with Crippen LogP contribution in [0.2, 0.25) is 0 Å². The van der Waals surface area contributed by atoms with E-state index in [0.29, 0.717) is 6.54 Å². The third-order valence-electron chi connectivity index (χ3n) is 2.35. The number of hydrogen-bond donors (Lipinski definition) is 2. The van der Waals surface area contributed by atoms with Gasteiger partial charge in [-0.1, -0.05) is 19.8 Å². The third-order valence-corrected chi connectivity index (χ3v) is 2.35. The summed E-state index contributed by atoms with van der Waals surface area (Å²) in [6.07, 6.45) is 5.86. The zero-order chi connectivity index (χ0) is 10.2. The zero-order valence-electron chi connectivity index (χ0n) is 8.84. The van der Waals surface area contributed by atoms with Gasteiger partial charge in [-0.2, -0.15) is 0 Å². The topological polar surface area (TPSA) is 50.4 Å². The van der Waals surface area contributed by atoms with Crippen LogP contribution in [0, 0.1) is 0 Å². The Kier molecular flexibility index (Phi) is 5.56. The van der Waals surface area contributed by atoms with E-state index >= 15 is 0 Å². The second-order valence-corrected chi connectivity index (χ2v) is 3.73. The Hall–Kier alpha value is -0.610. The molecule has 1 aliphatic carbocycles. The van der Waals surface area contributed by atoms with Gasteiger partial charge in [0, 0.05) is 0 Å². The fourth-order valence-electron chi connectivity index (χ4n) is 1.57. The molecular formula is C10H20N2O2. The molecule has 0 radical (unpaired) electrons. The number of amides is 1. The van der Waals surface area contributed by atoms with Gasteiger partial charge in [0.25, 0.3) is 5.91 Å². The Balaban J connectivity index is 1.96. The molecule has 14 heavy (non-hydrogen) atoms. The summed E-state index contributed by atoms with van der Waals surface area (Å²) in [5.41, 5.74) is 2.48. The molecule has 82 valence electrons. The molecule has 4 nitrogen and oxygen atoms in total. The van der Waals surface area contributed by atoms with Crippen LogP contribution in [0.1, 0.15) is 39.0 Å². The summed E-state index contributed by atoms with van der Waals surface area (Å²) in [7, 11) is 0. The molecule has 0 aromatic carbocycles. The van der Waals surface area contributed by atoms with Gasteiger partial charge in [-0.25, -0.2) is 5.48 Å². The summed E-state index contributed by atoms with van der Waals surface area (Å²) >= 11 is 0. The van der Waals surface area contributed by atoms with Crippen LogP contribution >= 0.6 is 0 Å². The highest BCUT2D eigenvalue weighted by Crippen LogP contribution is 2.19. The summed E-state index contributed by atoms with van der Waals surface area (Å²) in [4.78, 5) is 16.4. The molecule has 0 atom stereocenters. The van der Waals surface area contributed by atoms with Crippen molar-refractivity contribution in [3.05, 3.63) is 0 Å². The first-order valence-electron chi connectivity index (χ1n) is 5.48. The van der Waals surface area contributed by atoms with Crippen molar-refractivity contribution in [1.82, 2.24) is 10.8 Å². The van der Waals surface area contributed by atoms with E-state index in [-0.39, 0.29) is 12.0 Å². The fourth-order valence-corrected chi connectivity index (χ4v) is 1.57. The monoisotopic (exact) mass is 200 g/mol. The maximum absolute atomic E-state index is 11.2. The van der Waals surface area contributed by atoms with Crippen molar-refractivity contribution >= 4 is 5.91 Å². The first-order chi connectivity index (χ1) is 6.83. The molecule has 0 aromatic heterocycles. The lowest BCUT2D eigenvalue weighted by molar-refractivity contribution is -0.137. The smallest absolute Gasteiger partial charge is 0.257 e. The van der Waals surface area contributed by atoms with Gasteiger partial charge in [0.15, 0.2) is 0 Å². The molecule has 1 saturated carbocycles. The van der Waals surface area contributed by atoms with Crippen molar-refractivity contribution in [2.24, 2.45) is 0 Å². The van der Waals surface area contributed by atoms with E-state index in [1.165, 1.54) is 12.8 Å². The number of nitrogens with one attached hydrogen (secondary N) is 2. The van der Waals surface area contributed by atoms with Crippen molar-refractivity contribution in [3.8, 4) is 0 Å². The largest absolute Gasteiger partial charge is 0.308 e. The lowest BCUT2D eigenvalue weighted by Crippen LogP contribution is -2.36. The fraction of sp³-hybridized carbons (Fsp3) is 0.900. The second kappa shape index (κ2) is 6.79. The second-order valence-electron chi connectivity index (χ2n) is 3.73. The lowest BCUT2D eigenvalue weighted by atomic mass is 10.3. The molecule has 0 bridgehead atoms. The molecule has 1 amide bonds. The minimum absolute atomic E-state index is 0.0784. The molecule has 0 saturated heterocycles. The molecule has 4 heteroatoms. The summed E-state index contributed by atoms with van der Waals surface area (Å²) < 4.78 is 0. The Morgan fingerprint density at radius 3 is 2.79 bits per heavy atom. The molecule has 0 spiro atoms. The van der Waals surface area contributed by atoms with E-state index in [1.807, 2.05) is 0 Å². The Morgan fingerprint density at radius 2 is 2.14 bits per heavy atom. The average Bonchev–Trinajstić information content (AvgIpc) is 2.68. The SMILES string of the molecule is CCCNCC(=O)NOC1CCCC1. The maximum atomic E-state index is 11.2. The highest BCUT2D eigenvalue weighted by atomic mass is 16.7.